The molecule has 0 spiro atoms. The number of hydrogen-bond acceptors (Lipinski definition) is 5. The summed E-state index contributed by atoms with van der Waals surface area (Å²) < 4.78 is 10.4. The van der Waals surface area contributed by atoms with Crippen LogP contribution < -0.4 is 15.4 Å². The first-order valence-electron chi connectivity index (χ1n) is 8.55. The molecule has 7 nitrogen and oxygen atoms in total. The smallest absolute Gasteiger partial charge is 0.328 e. The summed E-state index contributed by atoms with van der Waals surface area (Å²) in [5.41, 5.74) is 0.924. The molecule has 0 saturated heterocycles. The van der Waals surface area contributed by atoms with E-state index in [1.165, 1.54) is 6.92 Å². The maximum atomic E-state index is 12.0. The van der Waals surface area contributed by atoms with E-state index in [1.54, 1.807) is 54.6 Å². The number of carbonyl (C=O) groups excluding carboxylic acids is 3. The van der Waals surface area contributed by atoms with E-state index in [0.29, 0.717) is 23.6 Å². The van der Waals surface area contributed by atoms with E-state index in [2.05, 4.69) is 10.6 Å². The lowest BCUT2D eigenvalue weighted by molar-refractivity contribution is -0.148. The maximum absolute atomic E-state index is 12.0. The van der Waals surface area contributed by atoms with Gasteiger partial charge in [0.05, 0.1) is 12.3 Å². The standard InChI is InChI=1S/C20H22N2O5/c1-3-26-17-12-8-7-11-16(17)22-18(23)13-27-20(25)14(2)21-19(24)15-9-5-4-6-10-15/h4-12,14H,3,13H2,1-2H3,(H,21,24)(H,22,23)/t14-/m0/s1. The number of para-hydroxylation sites is 2. The van der Waals surface area contributed by atoms with Crippen LogP contribution in [-0.2, 0) is 14.3 Å². The molecule has 2 amide bonds. The molecule has 0 heterocycles. The summed E-state index contributed by atoms with van der Waals surface area (Å²) in [6.45, 7) is 3.32. The van der Waals surface area contributed by atoms with Gasteiger partial charge in [0.1, 0.15) is 11.8 Å². The lowest BCUT2D eigenvalue weighted by Gasteiger charge is -2.14. The van der Waals surface area contributed by atoms with Crippen LogP contribution in [0.3, 0.4) is 0 Å². The van der Waals surface area contributed by atoms with Crippen molar-refractivity contribution in [3.05, 3.63) is 60.2 Å². The molecule has 0 unspecified atom stereocenters. The van der Waals surface area contributed by atoms with Gasteiger partial charge in [0.2, 0.25) is 0 Å². The number of carbonyl (C=O) groups is 3. The fourth-order valence-corrected chi connectivity index (χ4v) is 2.23. The average molecular weight is 370 g/mol. The third kappa shape index (κ3) is 6.14. The third-order valence-electron chi connectivity index (χ3n) is 3.54. The van der Waals surface area contributed by atoms with Crippen LogP contribution in [0.1, 0.15) is 24.2 Å². The molecule has 0 aliphatic heterocycles. The van der Waals surface area contributed by atoms with E-state index >= 15 is 0 Å². The highest BCUT2D eigenvalue weighted by molar-refractivity contribution is 5.97. The van der Waals surface area contributed by atoms with Gasteiger partial charge in [-0.25, -0.2) is 4.79 Å². The predicted octanol–water partition coefficient (Wildman–Crippen LogP) is 2.39. The summed E-state index contributed by atoms with van der Waals surface area (Å²) in [4.78, 5) is 36.0. The van der Waals surface area contributed by atoms with Gasteiger partial charge in [-0.2, -0.15) is 0 Å². The van der Waals surface area contributed by atoms with E-state index in [4.69, 9.17) is 9.47 Å². The minimum atomic E-state index is -0.888. The topological polar surface area (TPSA) is 93.7 Å². The Bertz CT molecular complexity index is 792. The number of benzene rings is 2. The van der Waals surface area contributed by atoms with Gasteiger partial charge in [-0.15, -0.1) is 0 Å². The molecular formula is C20H22N2O5. The van der Waals surface area contributed by atoms with E-state index in [-0.39, 0.29) is 0 Å². The lowest BCUT2D eigenvalue weighted by atomic mass is 10.2. The minimum absolute atomic E-state index is 0.393. The Hall–Kier alpha value is -3.35. The molecule has 2 aromatic carbocycles. The molecule has 0 aliphatic carbocycles. The molecule has 0 fully saturated rings. The van der Waals surface area contributed by atoms with Gasteiger partial charge < -0.3 is 20.1 Å². The molecule has 0 saturated carbocycles. The second-order valence-electron chi connectivity index (χ2n) is 5.65. The maximum Gasteiger partial charge on any atom is 0.328 e. The van der Waals surface area contributed by atoms with Gasteiger partial charge in [-0.1, -0.05) is 30.3 Å². The molecule has 0 radical (unpaired) electrons. The van der Waals surface area contributed by atoms with Crippen LogP contribution in [0.2, 0.25) is 0 Å². The fourth-order valence-electron chi connectivity index (χ4n) is 2.23. The Morgan fingerprint density at radius 2 is 1.67 bits per heavy atom. The number of esters is 1. The Labute approximate surface area is 157 Å². The highest BCUT2D eigenvalue weighted by atomic mass is 16.5. The first-order valence-corrected chi connectivity index (χ1v) is 8.55. The molecule has 2 rings (SSSR count). The van der Waals surface area contributed by atoms with Crippen LogP contribution in [-0.4, -0.2) is 37.0 Å². The van der Waals surface area contributed by atoms with E-state index in [0.717, 1.165) is 0 Å². The van der Waals surface area contributed by atoms with Gasteiger partial charge in [0.25, 0.3) is 11.8 Å². The van der Waals surface area contributed by atoms with Gasteiger partial charge in [-0.3, -0.25) is 9.59 Å². The first-order chi connectivity index (χ1) is 13.0. The van der Waals surface area contributed by atoms with Gasteiger partial charge in [-0.05, 0) is 38.1 Å². The number of rotatable bonds is 8. The zero-order valence-corrected chi connectivity index (χ0v) is 15.2. The van der Waals surface area contributed by atoms with Gasteiger partial charge in [0, 0.05) is 5.56 Å². The SMILES string of the molecule is CCOc1ccccc1NC(=O)COC(=O)[C@H](C)NC(=O)c1ccccc1. The van der Waals surface area contributed by atoms with Crippen molar-refractivity contribution in [3.8, 4) is 5.75 Å². The summed E-state index contributed by atoms with van der Waals surface area (Å²) in [5.74, 6) is -1.07. The Balaban J connectivity index is 1.82. The van der Waals surface area contributed by atoms with Crippen LogP contribution in [0.25, 0.3) is 0 Å². The second-order valence-corrected chi connectivity index (χ2v) is 5.65. The minimum Gasteiger partial charge on any atom is -0.492 e. The summed E-state index contributed by atoms with van der Waals surface area (Å²) in [7, 11) is 0. The monoisotopic (exact) mass is 370 g/mol. The van der Waals surface area contributed by atoms with Crippen LogP contribution in [0, 0.1) is 0 Å². The molecule has 7 heteroatoms. The Morgan fingerprint density at radius 3 is 2.37 bits per heavy atom. The largest absolute Gasteiger partial charge is 0.492 e. The zero-order chi connectivity index (χ0) is 19.6. The summed E-state index contributed by atoms with van der Waals surface area (Å²) in [6.07, 6.45) is 0. The number of anilines is 1. The molecule has 0 bridgehead atoms. The highest BCUT2D eigenvalue weighted by Crippen LogP contribution is 2.23. The molecule has 1 atom stereocenters. The predicted molar refractivity (Wildman–Crippen MR) is 101 cm³/mol. The van der Waals surface area contributed by atoms with E-state index < -0.39 is 30.4 Å². The van der Waals surface area contributed by atoms with E-state index in [9.17, 15) is 14.4 Å². The van der Waals surface area contributed by atoms with Gasteiger partial charge in [0.15, 0.2) is 6.61 Å². The summed E-state index contributed by atoms with van der Waals surface area (Å²) in [5, 5.41) is 5.16. The van der Waals surface area contributed by atoms with Crippen molar-refractivity contribution in [2.75, 3.05) is 18.5 Å². The molecule has 0 aromatic heterocycles. The van der Waals surface area contributed by atoms with Crippen LogP contribution in [0.15, 0.2) is 54.6 Å². The highest BCUT2D eigenvalue weighted by Gasteiger charge is 2.19. The Morgan fingerprint density at radius 1 is 1.00 bits per heavy atom. The van der Waals surface area contributed by atoms with Crippen LogP contribution in [0.4, 0.5) is 5.69 Å². The van der Waals surface area contributed by atoms with Crippen molar-refractivity contribution >= 4 is 23.5 Å². The van der Waals surface area contributed by atoms with Crippen molar-refractivity contribution < 1.29 is 23.9 Å². The number of hydrogen-bond donors (Lipinski definition) is 2. The molecule has 0 aliphatic rings. The summed E-state index contributed by atoms with van der Waals surface area (Å²) in [6, 6.07) is 14.6. The molecule has 142 valence electrons. The van der Waals surface area contributed by atoms with Crippen molar-refractivity contribution in [2.45, 2.75) is 19.9 Å². The fraction of sp³-hybridized carbons (Fsp3) is 0.250. The number of amides is 2. The molecule has 2 N–H and O–H groups in total. The quantitative estimate of drug-likeness (QED) is 0.696. The molecule has 27 heavy (non-hydrogen) atoms. The average Bonchev–Trinajstić information content (AvgIpc) is 2.68. The summed E-state index contributed by atoms with van der Waals surface area (Å²) >= 11 is 0. The molecule has 2 aromatic rings. The zero-order valence-electron chi connectivity index (χ0n) is 15.2. The Kier molecular flexibility index (Phi) is 7.37. The number of nitrogens with one attached hydrogen (secondary N) is 2. The molecular weight excluding hydrogens is 348 g/mol. The first kappa shape index (κ1) is 20.0. The van der Waals surface area contributed by atoms with Gasteiger partial charge >= 0.3 is 5.97 Å². The third-order valence-corrected chi connectivity index (χ3v) is 3.54. The van der Waals surface area contributed by atoms with Crippen LogP contribution in [0.5, 0.6) is 5.75 Å². The van der Waals surface area contributed by atoms with Crippen molar-refractivity contribution in [2.24, 2.45) is 0 Å². The number of ether oxygens (including phenoxy) is 2. The lowest BCUT2D eigenvalue weighted by Crippen LogP contribution is -2.40. The van der Waals surface area contributed by atoms with Crippen molar-refractivity contribution in [1.29, 1.82) is 0 Å². The normalized spacial score (nSPS) is 11.2. The second kappa shape index (κ2) is 9.96. The van der Waals surface area contributed by atoms with E-state index in [1.807, 2.05) is 6.92 Å². The van der Waals surface area contributed by atoms with Crippen molar-refractivity contribution in [1.82, 2.24) is 5.32 Å². The van der Waals surface area contributed by atoms with Crippen molar-refractivity contribution in [3.63, 3.8) is 0 Å². The van der Waals surface area contributed by atoms with Crippen LogP contribution >= 0.6 is 0 Å².